The zero-order valence-corrected chi connectivity index (χ0v) is 12.1. The van der Waals surface area contributed by atoms with Crippen LogP contribution in [0.1, 0.15) is 29.2 Å². The standard InChI is InChI=1S/C12H13ClN4OS/c1-8(2)17(7-9-4-3-5-14-6-9)11(18)10-15-16-12(13)19-10/h3-6,8H,7H2,1-2H3. The van der Waals surface area contributed by atoms with Crippen molar-refractivity contribution in [1.82, 2.24) is 20.1 Å². The van der Waals surface area contributed by atoms with Gasteiger partial charge in [0.2, 0.25) is 9.47 Å². The van der Waals surface area contributed by atoms with Gasteiger partial charge in [0.1, 0.15) is 0 Å². The minimum atomic E-state index is -0.164. The molecular formula is C12H13ClN4OS. The number of hydrogen-bond acceptors (Lipinski definition) is 5. The summed E-state index contributed by atoms with van der Waals surface area (Å²) in [4.78, 5) is 18.1. The minimum absolute atomic E-state index is 0.0513. The van der Waals surface area contributed by atoms with Gasteiger partial charge < -0.3 is 4.90 Å². The Bertz CT molecular complexity index is 558. The second kappa shape index (κ2) is 6.08. The van der Waals surface area contributed by atoms with Crippen LogP contribution < -0.4 is 0 Å². The molecule has 0 aromatic carbocycles. The van der Waals surface area contributed by atoms with E-state index in [-0.39, 0.29) is 16.4 Å². The molecule has 2 aromatic heterocycles. The molecule has 19 heavy (non-hydrogen) atoms. The van der Waals surface area contributed by atoms with Gasteiger partial charge in [-0.1, -0.05) is 17.4 Å². The fourth-order valence-electron chi connectivity index (χ4n) is 1.59. The second-order valence-corrected chi connectivity index (χ2v) is 5.81. The van der Waals surface area contributed by atoms with E-state index < -0.39 is 0 Å². The number of hydrogen-bond donors (Lipinski definition) is 0. The fraction of sp³-hybridized carbons (Fsp3) is 0.333. The predicted molar refractivity (Wildman–Crippen MR) is 74.2 cm³/mol. The molecule has 2 heterocycles. The molecule has 0 atom stereocenters. The van der Waals surface area contributed by atoms with E-state index in [1.165, 1.54) is 0 Å². The topological polar surface area (TPSA) is 59.0 Å². The van der Waals surface area contributed by atoms with E-state index in [2.05, 4.69) is 15.2 Å². The summed E-state index contributed by atoms with van der Waals surface area (Å²) in [7, 11) is 0. The van der Waals surface area contributed by atoms with Gasteiger partial charge >= 0.3 is 0 Å². The fourth-order valence-corrected chi connectivity index (χ4v) is 2.38. The van der Waals surface area contributed by atoms with Crippen molar-refractivity contribution in [3.05, 3.63) is 39.6 Å². The molecule has 5 nitrogen and oxygen atoms in total. The molecule has 2 rings (SSSR count). The van der Waals surface area contributed by atoms with Crippen molar-refractivity contribution in [2.45, 2.75) is 26.4 Å². The van der Waals surface area contributed by atoms with Crippen molar-refractivity contribution in [2.75, 3.05) is 0 Å². The molecule has 7 heteroatoms. The third-order valence-corrected chi connectivity index (χ3v) is 3.55. The molecule has 2 aromatic rings. The molecule has 0 saturated carbocycles. The molecule has 100 valence electrons. The van der Waals surface area contributed by atoms with Crippen molar-refractivity contribution < 1.29 is 4.79 Å². The Morgan fingerprint density at radius 1 is 1.47 bits per heavy atom. The summed E-state index contributed by atoms with van der Waals surface area (Å²) in [6.45, 7) is 4.40. The van der Waals surface area contributed by atoms with Gasteiger partial charge in [0.15, 0.2) is 0 Å². The molecule has 0 aliphatic heterocycles. The van der Waals surface area contributed by atoms with Gasteiger partial charge in [-0.05, 0) is 37.1 Å². The lowest BCUT2D eigenvalue weighted by molar-refractivity contribution is 0.0689. The van der Waals surface area contributed by atoms with E-state index in [1.54, 1.807) is 17.3 Å². The van der Waals surface area contributed by atoms with E-state index in [0.29, 0.717) is 11.6 Å². The van der Waals surface area contributed by atoms with E-state index >= 15 is 0 Å². The number of carbonyl (C=O) groups is 1. The summed E-state index contributed by atoms with van der Waals surface area (Å²) in [6.07, 6.45) is 3.45. The van der Waals surface area contributed by atoms with E-state index in [9.17, 15) is 4.79 Å². The third-order valence-electron chi connectivity index (χ3n) is 2.54. The second-order valence-electron chi connectivity index (χ2n) is 4.25. The number of nitrogens with zero attached hydrogens (tertiary/aromatic N) is 4. The number of halogens is 1. The smallest absolute Gasteiger partial charge is 0.285 e. The van der Waals surface area contributed by atoms with E-state index in [1.807, 2.05) is 26.0 Å². The van der Waals surface area contributed by atoms with Crippen molar-refractivity contribution in [3.63, 3.8) is 0 Å². The summed E-state index contributed by atoms with van der Waals surface area (Å²) < 4.78 is 0.272. The first-order valence-electron chi connectivity index (χ1n) is 5.77. The molecule has 0 bridgehead atoms. The van der Waals surface area contributed by atoms with Crippen LogP contribution >= 0.6 is 22.9 Å². The minimum Gasteiger partial charge on any atom is -0.330 e. The van der Waals surface area contributed by atoms with Crippen LogP contribution in [-0.4, -0.2) is 32.0 Å². The number of rotatable bonds is 4. The summed E-state index contributed by atoms with van der Waals surface area (Å²) in [5.41, 5.74) is 0.972. The predicted octanol–water partition coefficient (Wildman–Crippen LogP) is 2.64. The van der Waals surface area contributed by atoms with Gasteiger partial charge in [0.05, 0.1) is 0 Å². The monoisotopic (exact) mass is 296 g/mol. The summed E-state index contributed by atoms with van der Waals surface area (Å²) >= 11 is 6.80. The number of amides is 1. The Hall–Kier alpha value is -1.53. The maximum Gasteiger partial charge on any atom is 0.285 e. The Morgan fingerprint density at radius 2 is 2.26 bits per heavy atom. The molecule has 0 aliphatic carbocycles. The maximum atomic E-state index is 12.4. The van der Waals surface area contributed by atoms with Crippen molar-refractivity contribution >= 4 is 28.8 Å². The maximum absolute atomic E-state index is 12.4. The van der Waals surface area contributed by atoms with Crippen molar-refractivity contribution in [2.24, 2.45) is 0 Å². The van der Waals surface area contributed by atoms with Gasteiger partial charge in [-0.25, -0.2) is 0 Å². The normalized spacial score (nSPS) is 10.7. The van der Waals surface area contributed by atoms with Gasteiger partial charge in [0, 0.05) is 25.0 Å². The first kappa shape index (κ1) is 13.9. The lowest BCUT2D eigenvalue weighted by Crippen LogP contribution is -2.36. The van der Waals surface area contributed by atoms with E-state index in [0.717, 1.165) is 16.9 Å². The number of pyridine rings is 1. The lowest BCUT2D eigenvalue weighted by Gasteiger charge is -2.25. The third kappa shape index (κ3) is 3.48. The van der Waals surface area contributed by atoms with Gasteiger partial charge in [0.25, 0.3) is 5.91 Å². The molecule has 0 saturated heterocycles. The van der Waals surface area contributed by atoms with Crippen LogP contribution in [0.15, 0.2) is 24.5 Å². The molecule has 0 N–H and O–H groups in total. The Morgan fingerprint density at radius 3 is 2.79 bits per heavy atom. The highest BCUT2D eigenvalue weighted by Crippen LogP contribution is 2.19. The zero-order valence-electron chi connectivity index (χ0n) is 10.6. The van der Waals surface area contributed by atoms with Crippen LogP contribution in [0.3, 0.4) is 0 Å². The number of aromatic nitrogens is 3. The van der Waals surface area contributed by atoms with Crippen LogP contribution in [0.4, 0.5) is 0 Å². The highest BCUT2D eigenvalue weighted by molar-refractivity contribution is 7.17. The molecule has 0 unspecified atom stereocenters. The Kier molecular flexibility index (Phi) is 4.44. The SMILES string of the molecule is CC(C)N(Cc1cccnc1)C(=O)c1nnc(Cl)s1. The first-order chi connectivity index (χ1) is 9.08. The van der Waals surface area contributed by atoms with Gasteiger partial charge in [-0.3, -0.25) is 9.78 Å². The Balaban J connectivity index is 2.19. The largest absolute Gasteiger partial charge is 0.330 e. The molecule has 0 spiro atoms. The van der Waals surface area contributed by atoms with Gasteiger partial charge in [-0.2, -0.15) is 0 Å². The van der Waals surface area contributed by atoms with Crippen molar-refractivity contribution in [3.8, 4) is 0 Å². The van der Waals surface area contributed by atoms with Crippen LogP contribution in [0, 0.1) is 0 Å². The highest BCUT2D eigenvalue weighted by atomic mass is 35.5. The van der Waals surface area contributed by atoms with Crippen molar-refractivity contribution in [1.29, 1.82) is 0 Å². The Labute approximate surface area is 120 Å². The zero-order chi connectivity index (χ0) is 13.8. The average molecular weight is 297 g/mol. The summed E-state index contributed by atoms with van der Waals surface area (Å²) in [5, 5.41) is 7.76. The lowest BCUT2D eigenvalue weighted by atomic mass is 10.2. The molecule has 0 aliphatic rings. The molecular weight excluding hydrogens is 284 g/mol. The first-order valence-corrected chi connectivity index (χ1v) is 6.96. The van der Waals surface area contributed by atoms with Crippen LogP contribution in [0.25, 0.3) is 0 Å². The van der Waals surface area contributed by atoms with Crippen LogP contribution in [-0.2, 0) is 6.54 Å². The van der Waals surface area contributed by atoms with Crippen LogP contribution in [0.5, 0.6) is 0 Å². The molecule has 0 fully saturated rings. The molecule has 1 amide bonds. The average Bonchev–Trinajstić information content (AvgIpc) is 2.83. The highest BCUT2D eigenvalue weighted by Gasteiger charge is 2.22. The quantitative estimate of drug-likeness (QED) is 0.870. The number of carbonyl (C=O) groups excluding carboxylic acids is 1. The summed E-state index contributed by atoms with van der Waals surface area (Å²) in [6, 6.07) is 3.83. The molecule has 0 radical (unpaired) electrons. The van der Waals surface area contributed by atoms with Gasteiger partial charge in [-0.15, -0.1) is 10.2 Å². The van der Waals surface area contributed by atoms with Crippen LogP contribution in [0.2, 0.25) is 4.47 Å². The summed E-state index contributed by atoms with van der Waals surface area (Å²) in [5.74, 6) is -0.164. The van der Waals surface area contributed by atoms with E-state index in [4.69, 9.17) is 11.6 Å².